The van der Waals surface area contributed by atoms with Crippen molar-refractivity contribution in [3.63, 3.8) is 0 Å². The molecule has 2 aromatic rings. The second kappa shape index (κ2) is 5.62. The third-order valence-corrected chi connectivity index (χ3v) is 4.91. The highest BCUT2D eigenvalue weighted by atomic mass is 35.5. The maximum absolute atomic E-state index is 6.16. The highest BCUT2D eigenvalue weighted by Crippen LogP contribution is 2.39. The number of allylic oxidation sites excluding steroid dienone is 4. The predicted molar refractivity (Wildman–Crippen MR) is 89.9 cm³/mol. The van der Waals surface area contributed by atoms with Crippen LogP contribution in [-0.2, 0) is 0 Å². The molecular weight excluding hydrogens is 335 g/mol. The Morgan fingerprint density at radius 3 is 2.74 bits per heavy atom. The van der Waals surface area contributed by atoms with Crippen LogP contribution in [0.4, 0.5) is 0 Å². The SMILES string of the molecule is CC1C=C(Cl)C(Cl)=CC1c1cc(-c2ccc3c(c2)OCO3)[nH]n1. The van der Waals surface area contributed by atoms with Crippen LogP contribution in [0.3, 0.4) is 0 Å². The number of H-pyrrole nitrogens is 1. The number of halogens is 2. The monoisotopic (exact) mass is 348 g/mol. The van der Waals surface area contributed by atoms with E-state index in [0.717, 1.165) is 28.5 Å². The lowest BCUT2D eigenvalue weighted by molar-refractivity contribution is 0.174. The summed E-state index contributed by atoms with van der Waals surface area (Å²) in [6, 6.07) is 7.87. The van der Waals surface area contributed by atoms with Crippen LogP contribution in [-0.4, -0.2) is 17.0 Å². The third kappa shape index (κ3) is 2.62. The number of aromatic nitrogens is 2. The summed E-state index contributed by atoms with van der Waals surface area (Å²) in [5.74, 6) is 1.85. The molecule has 1 aromatic heterocycles. The summed E-state index contributed by atoms with van der Waals surface area (Å²) >= 11 is 12.2. The van der Waals surface area contributed by atoms with Crippen LogP contribution in [0.1, 0.15) is 18.5 Å². The van der Waals surface area contributed by atoms with Crippen molar-refractivity contribution in [3.8, 4) is 22.8 Å². The van der Waals surface area contributed by atoms with Gasteiger partial charge in [0.25, 0.3) is 0 Å². The van der Waals surface area contributed by atoms with Gasteiger partial charge in [0.05, 0.1) is 21.5 Å². The van der Waals surface area contributed by atoms with Crippen molar-refractivity contribution in [1.29, 1.82) is 0 Å². The van der Waals surface area contributed by atoms with Gasteiger partial charge in [0.15, 0.2) is 11.5 Å². The van der Waals surface area contributed by atoms with Gasteiger partial charge in [-0.1, -0.05) is 42.3 Å². The van der Waals surface area contributed by atoms with Gasteiger partial charge < -0.3 is 9.47 Å². The molecule has 0 spiro atoms. The Morgan fingerprint density at radius 1 is 1.09 bits per heavy atom. The molecule has 2 aliphatic rings. The van der Waals surface area contributed by atoms with Crippen LogP contribution in [0, 0.1) is 5.92 Å². The number of nitrogens with zero attached hydrogens (tertiary/aromatic N) is 1. The van der Waals surface area contributed by atoms with E-state index < -0.39 is 0 Å². The fourth-order valence-corrected chi connectivity index (χ4v) is 3.34. The molecule has 1 aliphatic carbocycles. The van der Waals surface area contributed by atoms with Crippen LogP contribution in [0.15, 0.2) is 46.5 Å². The maximum Gasteiger partial charge on any atom is 0.231 e. The summed E-state index contributed by atoms with van der Waals surface area (Å²) in [5.41, 5.74) is 2.86. The molecule has 0 saturated heterocycles. The van der Waals surface area contributed by atoms with E-state index in [0.29, 0.717) is 10.1 Å². The number of rotatable bonds is 2. The van der Waals surface area contributed by atoms with Crippen LogP contribution in [0.5, 0.6) is 11.5 Å². The first-order chi connectivity index (χ1) is 11.1. The first-order valence-electron chi connectivity index (χ1n) is 7.32. The lowest BCUT2D eigenvalue weighted by Gasteiger charge is -2.21. The van der Waals surface area contributed by atoms with Crippen LogP contribution in [0.2, 0.25) is 0 Å². The van der Waals surface area contributed by atoms with E-state index in [1.807, 2.05) is 36.4 Å². The van der Waals surface area contributed by atoms with Gasteiger partial charge in [0.2, 0.25) is 6.79 Å². The van der Waals surface area contributed by atoms with Gasteiger partial charge in [-0.25, -0.2) is 0 Å². The molecule has 118 valence electrons. The van der Waals surface area contributed by atoms with Crippen molar-refractivity contribution < 1.29 is 9.47 Å². The summed E-state index contributed by atoms with van der Waals surface area (Å²) in [5, 5.41) is 8.70. The zero-order valence-electron chi connectivity index (χ0n) is 12.3. The number of benzene rings is 1. The Balaban J connectivity index is 1.65. The Morgan fingerprint density at radius 2 is 1.87 bits per heavy atom. The molecule has 1 aliphatic heterocycles. The summed E-state index contributed by atoms with van der Waals surface area (Å²) < 4.78 is 10.8. The van der Waals surface area contributed by atoms with Gasteiger partial charge in [-0.3, -0.25) is 5.10 Å². The molecule has 0 saturated carbocycles. The van der Waals surface area contributed by atoms with Gasteiger partial charge in [0, 0.05) is 11.5 Å². The van der Waals surface area contributed by atoms with Crippen molar-refractivity contribution in [3.05, 3.63) is 52.2 Å². The average Bonchev–Trinajstić information content (AvgIpc) is 3.19. The van der Waals surface area contributed by atoms with Crippen molar-refractivity contribution in [2.75, 3.05) is 6.79 Å². The molecule has 23 heavy (non-hydrogen) atoms. The fourth-order valence-electron chi connectivity index (χ4n) is 2.88. The standard InChI is InChI=1S/C17H14Cl2N2O2/c1-9-4-12(18)13(19)6-11(9)15-7-14(20-21-15)10-2-3-16-17(5-10)23-8-22-16/h2-7,9,11H,8H2,1H3,(H,20,21). The third-order valence-electron chi connectivity index (χ3n) is 4.15. The minimum atomic E-state index is 0.101. The minimum absolute atomic E-state index is 0.101. The Hall–Kier alpha value is -1.91. The van der Waals surface area contributed by atoms with Crippen molar-refractivity contribution in [2.24, 2.45) is 5.92 Å². The molecule has 1 N–H and O–H groups in total. The minimum Gasteiger partial charge on any atom is -0.454 e. The normalized spacial score (nSPS) is 22.7. The van der Waals surface area contributed by atoms with E-state index >= 15 is 0 Å². The molecule has 0 radical (unpaired) electrons. The average molecular weight is 349 g/mol. The molecule has 2 atom stereocenters. The molecule has 0 fully saturated rings. The molecule has 0 bridgehead atoms. The lowest BCUT2D eigenvalue weighted by atomic mass is 9.87. The van der Waals surface area contributed by atoms with Gasteiger partial charge in [-0.15, -0.1) is 0 Å². The Labute approximate surface area is 143 Å². The molecule has 4 rings (SSSR count). The van der Waals surface area contributed by atoms with Crippen LogP contribution in [0.25, 0.3) is 11.3 Å². The largest absolute Gasteiger partial charge is 0.454 e. The van der Waals surface area contributed by atoms with Crippen LogP contribution >= 0.6 is 23.2 Å². The summed E-state index contributed by atoms with van der Waals surface area (Å²) in [6.45, 7) is 2.37. The quantitative estimate of drug-likeness (QED) is 0.848. The van der Waals surface area contributed by atoms with E-state index in [1.165, 1.54) is 0 Å². The summed E-state index contributed by atoms with van der Waals surface area (Å²) in [6.07, 6.45) is 3.91. The van der Waals surface area contributed by atoms with Crippen molar-refractivity contribution in [2.45, 2.75) is 12.8 Å². The van der Waals surface area contributed by atoms with Crippen molar-refractivity contribution in [1.82, 2.24) is 10.2 Å². The molecule has 1 aromatic carbocycles. The predicted octanol–water partition coefficient (Wildman–Crippen LogP) is 4.78. The summed E-state index contributed by atoms with van der Waals surface area (Å²) in [7, 11) is 0. The lowest BCUT2D eigenvalue weighted by Crippen LogP contribution is -2.10. The number of hydrogen-bond donors (Lipinski definition) is 1. The summed E-state index contributed by atoms with van der Waals surface area (Å²) in [4.78, 5) is 0. The van der Waals surface area contributed by atoms with E-state index in [4.69, 9.17) is 32.7 Å². The number of hydrogen-bond acceptors (Lipinski definition) is 3. The molecule has 6 heteroatoms. The highest BCUT2D eigenvalue weighted by molar-refractivity contribution is 6.44. The smallest absolute Gasteiger partial charge is 0.231 e. The van der Waals surface area contributed by atoms with E-state index in [2.05, 4.69) is 17.1 Å². The molecular formula is C17H14Cl2N2O2. The van der Waals surface area contributed by atoms with E-state index in [9.17, 15) is 0 Å². The zero-order valence-corrected chi connectivity index (χ0v) is 13.9. The number of fused-ring (bicyclic) bond motifs is 1. The van der Waals surface area contributed by atoms with Gasteiger partial charge >= 0.3 is 0 Å². The van der Waals surface area contributed by atoms with Gasteiger partial charge in [0.1, 0.15) is 0 Å². The highest BCUT2D eigenvalue weighted by Gasteiger charge is 2.24. The van der Waals surface area contributed by atoms with Crippen molar-refractivity contribution >= 4 is 23.2 Å². The number of ether oxygens (including phenoxy) is 2. The van der Waals surface area contributed by atoms with Gasteiger partial charge in [-0.05, 0) is 30.2 Å². The van der Waals surface area contributed by atoms with Gasteiger partial charge in [-0.2, -0.15) is 5.10 Å². The fraction of sp³-hybridized carbons (Fsp3) is 0.235. The topological polar surface area (TPSA) is 47.1 Å². The molecule has 2 heterocycles. The molecule has 2 unspecified atom stereocenters. The first kappa shape index (κ1) is 14.7. The van der Waals surface area contributed by atoms with E-state index in [-0.39, 0.29) is 18.6 Å². The number of aromatic amines is 1. The van der Waals surface area contributed by atoms with E-state index in [1.54, 1.807) is 0 Å². The molecule has 4 nitrogen and oxygen atoms in total. The van der Waals surface area contributed by atoms with Crippen LogP contribution < -0.4 is 9.47 Å². The Bertz CT molecular complexity index is 826. The number of nitrogens with one attached hydrogen (secondary N) is 1. The zero-order chi connectivity index (χ0) is 16.0. The molecule has 0 amide bonds. The second-order valence-electron chi connectivity index (χ2n) is 5.69. The Kier molecular flexibility index (Phi) is 3.58. The first-order valence-corrected chi connectivity index (χ1v) is 8.08. The maximum atomic E-state index is 6.16. The second-order valence-corrected chi connectivity index (χ2v) is 6.50.